The van der Waals surface area contributed by atoms with E-state index in [1.807, 2.05) is 12.1 Å². The van der Waals surface area contributed by atoms with Gasteiger partial charge in [0, 0.05) is 6.42 Å². The Labute approximate surface area is 106 Å². The van der Waals surface area contributed by atoms with Crippen molar-refractivity contribution in [3.05, 3.63) is 29.8 Å². The van der Waals surface area contributed by atoms with Crippen LogP contribution in [0.15, 0.2) is 29.3 Å². The summed E-state index contributed by atoms with van der Waals surface area (Å²) in [6.45, 7) is 0. The summed E-state index contributed by atoms with van der Waals surface area (Å²) in [4.78, 5) is 4.69. The summed E-state index contributed by atoms with van der Waals surface area (Å²) in [5.74, 6) is 1.29. The molecule has 0 aromatic heterocycles. The standard InChI is InChI=1S/C14H18N2O2/c17-10-3-1-9(2-4-10)7-14-15-12-6-5-11(18)8-13(12)16-14/h1-4,11-13,17-18H,5-8H2,(H,15,16). The van der Waals surface area contributed by atoms with E-state index in [4.69, 9.17) is 4.99 Å². The predicted octanol–water partition coefficient (Wildman–Crippen LogP) is 1.22. The first kappa shape index (κ1) is 11.5. The van der Waals surface area contributed by atoms with Crippen LogP contribution in [-0.2, 0) is 6.42 Å². The summed E-state index contributed by atoms with van der Waals surface area (Å²) < 4.78 is 0. The number of benzene rings is 1. The van der Waals surface area contributed by atoms with Gasteiger partial charge in [-0.1, -0.05) is 12.1 Å². The van der Waals surface area contributed by atoms with Crippen molar-refractivity contribution < 1.29 is 10.2 Å². The first-order valence-electron chi connectivity index (χ1n) is 6.50. The van der Waals surface area contributed by atoms with Gasteiger partial charge in [-0.3, -0.25) is 4.99 Å². The molecule has 1 aromatic carbocycles. The zero-order chi connectivity index (χ0) is 12.5. The number of aliphatic imine (C=N–C) groups is 1. The average Bonchev–Trinajstić information content (AvgIpc) is 2.73. The Kier molecular flexibility index (Phi) is 2.96. The van der Waals surface area contributed by atoms with E-state index >= 15 is 0 Å². The van der Waals surface area contributed by atoms with Gasteiger partial charge in [-0.2, -0.15) is 0 Å². The van der Waals surface area contributed by atoms with Crippen molar-refractivity contribution >= 4 is 5.84 Å². The van der Waals surface area contributed by atoms with Gasteiger partial charge in [0.15, 0.2) is 0 Å². The lowest BCUT2D eigenvalue weighted by molar-refractivity contribution is 0.112. The number of phenols is 1. The van der Waals surface area contributed by atoms with E-state index in [-0.39, 0.29) is 11.9 Å². The van der Waals surface area contributed by atoms with E-state index < -0.39 is 0 Å². The first-order chi connectivity index (χ1) is 8.70. The van der Waals surface area contributed by atoms with Crippen LogP contribution in [0.25, 0.3) is 0 Å². The number of hydrogen-bond donors (Lipinski definition) is 3. The highest BCUT2D eigenvalue weighted by molar-refractivity contribution is 5.86. The zero-order valence-corrected chi connectivity index (χ0v) is 10.2. The van der Waals surface area contributed by atoms with Gasteiger partial charge < -0.3 is 15.5 Å². The SMILES string of the molecule is Oc1ccc(CC2=NC3CCC(O)CC3N2)cc1. The van der Waals surface area contributed by atoms with Crippen LogP contribution in [-0.4, -0.2) is 34.2 Å². The second kappa shape index (κ2) is 4.61. The Morgan fingerprint density at radius 2 is 2.00 bits per heavy atom. The Balaban J connectivity index is 1.66. The highest BCUT2D eigenvalue weighted by atomic mass is 16.3. The van der Waals surface area contributed by atoms with Crippen LogP contribution in [0, 0.1) is 0 Å². The number of amidine groups is 1. The smallest absolute Gasteiger partial charge is 0.115 e. The van der Waals surface area contributed by atoms with Gasteiger partial charge in [-0.05, 0) is 37.0 Å². The molecule has 4 heteroatoms. The summed E-state index contributed by atoms with van der Waals surface area (Å²) in [6.07, 6.45) is 3.22. The number of nitrogens with zero attached hydrogens (tertiary/aromatic N) is 1. The largest absolute Gasteiger partial charge is 0.508 e. The molecule has 3 rings (SSSR count). The topological polar surface area (TPSA) is 64.9 Å². The normalized spacial score (nSPS) is 30.5. The Morgan fingerprint density at radius 3 is 2.78 bits per heavy atom. The average molecular weight is 246 g/mol. The minimum absolute atomic E-state index is 0.179. The molecule has 96 valence electrons. The molecule has 18 heavy (non-hydrogen) atoms. The summed E-state index contributed by atoms with van der Waals surface area (Å²) >= 11 is 0. The fourth-order valence-corrected chi connectivity index (χ4v) is 2.80. The van der Waals surface area contributed by atoms with Crippen molar-refractivity contribution in [3.8, 4) is 5.75 Å². The number of aliphatic hydroxyl groups excluding tert-OH is 1. The maximum atomic E-state index is 9.64. The molecule has 0 spiro atoms. The van der Waals surface area contributed by atoms with Gasteiger partial charge in [-0.15, -0.1) is 0 Å². The van der Waals surface area contributed by atoms with Crippen molar-refractivity contribution in [3.63, 3.8) is 0 Å². The molecule has 1 aromatic rings. The van der Waals surface area contributed by atoms with Crippen LogP contribution >= 0.6 is 0 Å². The maximum absolute atomic E-state index is 9.64. The van der Waals surface area contributed by atoms with Crippen LogP contribution in [0.1, 0.15) is 24.8 Å². The van der Waals surface area contributed by atoms with Crippen molar-refractivity contribution in [1.82, 2.24) is 5.32 Å². The molecule has 2 aliphatic rings. The predicted molar refractivity (Wildman–Crippen MR) is 69.8 cm³/mol. The van der Waals surface area contributed by atoms with Gasteiger partial charge in [0.2, 0.25) is 0 Å². The second-order valence-electron chi connectivity index (χ2n) is 5.20. The molecule has 3 atom stereocenters. The lowest BCUT2D eigenvalue weighted by Gasteiger charge is -2.27. The monoisotopic (exact) mass is 246 g/mol. The first-order valence-corrected chi connectivity index (χ1v) is 6.50. The molecule has 1 aliphatic carbocycles. The van der Waals surface area contributed by atoms with Gasteiger partial charge in [0.05, 0.1) is 18.2 Å². The molecule has 1 aliphatic heterocycles. The lowest BCUT2D eigenvalue weighted by Crippen LogP contribution is -2.41. The molecule has 0 radical (unpaired) electrons. The maximum Gasteiger partial charge on any atom is 0.115 e. The third-order valence-corrected chi connectivity index (χ3v) is 3.77. The molecule has 0 saturated heterocycles. The third-order valence-electron chi connectivity index (χ3n) is 3.77. The van der Waals surface area contributed by atoms with Crippen LogP contribution in [0.2, 0.25) is 0 Å². The van der Waals surface area contributed by atoms with E-state index in [1.54, 1.807) is 12.1 Å². The minimum Gasteiger partial charge on any atom is -0.508 e. The Bertz CT molecular complexity index is 455. The number of aromatic hydroxyl groups is 1. The number of phenolic OH excluding ortho intramolecular Hbond substituents is 1. The Morgan fingerprint density at radius 1 is 1.22 bits per heavy atom. The van der Waals surface area contributed by atoms with E-state index in [1.165, 1.54) is 0 Å². The third kappa shape index (κ3) is 2.34. The molecular weight excluding hydrogens is 228 g/mol. The minimum atomic E-state index is -0.179. The fourth-order valence-electron chi connectivity index (χ4n) is 2.80. The Hall–Kier alpha value is -1.55. The number of rotatable bonds is 2. The van der Waals surface area contributed by atoms with Crippen LogP contribution in [0.5, 0.6) is 5.75 Å². The number of fused-ring (bicyclic) bond motifs is 1. The molecule has 1 saturated carbocycles. The van der Waals surface area contributed by atoms with Crippen molar-refractivity contribution in [2.75, 3.05) is 0 Å². The van der Waals surface area contributed by atoms with Crippen molar-refractivity contribution in [2.24, 2.45) is 4.99 Å². The zero-order valence-electron chi connectivity index (χ0n) is 10.2. The highest BCUT2D eigenvalue weighted by Crippen LogP contribution is 2.25. The second-order valence-corrected chi connectivity index (χ2v) is 5.20. The number of nitrogens with one attached hydrogen (secondary N) is 1. The summed E-state index contributed by atoms with van der Waals surface area (Å²) in [6, 6.07) is 7.86. The van der Waals surface area contributed by atoms with Gasteiger partial charge in [0.25, 0.3) is 0 Å². The summed E-state index contributed by atoms with van der Waals surface area (Å²) in [5, 5.41) is 22.3. The van der Waals surface area contributed by atoms with Crippen LogP contribution in [0.3, 0.4) is 0 Å². The summed E-state index contributed by atoms with van der Waals surface area (Å²) in [5.41, 5.74) is 1.14. The molecule has 3 N–H and O–H groups in total. The quantitative estimate of drug-likeness (QED) is 0.735. The van der Waals surface area contributed by atoms with Crippen molar-refractivity contribution in [2.45, 2.75) is 43.9 Å². The van der Waals surface area contributed by atoms with E-state index in [0.29, 0.717) is 12.1 Å². The molecular formula is C14H18N2O2. The van der Waals surface area contributed by atoms with Gasteiger partial charge in [-0.25, -0.2) is 0 Å². The summed E-state index contributed by atoms with van der Waals surface area (Å²) in [7, 11) is 0. The number of aliphatic hydroxyl groups is 1. The van der Waals surface area contributed by atoms with E-state index in [2.05, 4.69) is 5.32 Å². The van der Waals surface area contributed by atoms with Gasteiger partial charge in [0.1, 0.15) is 11.6 Å². The van der Waals surface area contributed by atoms with Crippen LogP contribution in [0.4, 0.5) is 0 Å². The molecule has 1 fully saturated rings. The van der Waals surface area contributed by atoms with E-state index in [0.717, 1.165) is 37.1 Å². The lowest BCUT2D eigenvalue weighted by atomic mass is 9.90. The molecule has 3 unspecified atom stereocenters. The molecule has 1 heterocycles. The molecule has 0 bridgehead atoms. The van der Waals surface area contributed by atoms with Crippen LogP contribution < -0.4 is 5.32 Å². The van der Waals surface area contributed by atoms with E-state index in [9.17, 15) is 10.2 Å². The highest BCUT2D eigenvalue weighted by Gasteiger charge is 2.34. The number of hydrogen-bond acceptors (Lipinski definition) is 4. The van der Waals surface area contributed by atoms with Crippen molar-refractivity contribution in [1.29, 1.82) is 0 Å². The molecule has 0 amide bonds. The van der Waals surface area contributed by atoms with Gasteiger partial charge >= 0.3 is 0 Å². The fraction of sp³-hybridized carbons (Fsp3) is 0.500. The molecule has 4 nitrogen and oxygen atoms in total.